The summed E-state index contributed by atoms with van der Waals surface area (Å²) in [5.74, 6) is 2.19. The number of piperidine rings is 1. The molecule has 1 amide bonds. The predicted molar refractivity (Wildman–Crippen MR) is 130 cm³/mol. The molecular formula is C27H31ClN2O4. The summed E-state index contributed by atoms with van der Waals surface area (Å²) in [6.45, 7) is 2.08. The predicted octanol–water partition coefficient (Wildman–Crippen LogP) is 3.46. The number of carbonyl (C=O) groups excluding carboxylic acids is 1. The van der Waals surface area contributed by atoms with Crippen LogP contribution in [0.15, 0.2) is 47.1 Å². The van der Waals surface area contributed by atoms with Crippen molar-refractivity contribution in [3.05, 3.63) is 59.6 Å². The SMILES string of the molecule is Cl.O=C(/C=C/c1ccco1)N[C@@H]1CC[C@@]2(O)[C@H]3Cc4cccc5c4[C@@]2(CCN3CC2CC2)[C@H]1O5. The summed E-state index contributed by atoms with van der Waals surface area (Å²) in [7, 11) is 0. The molecule has 3 aliphatic carbocycles. The number of halogens is 1. The van der Waals surface area contributed by atoms with Gasteiger partial charge in [-0.15, -0.1) is 12.4 Å². The van der Waals surface area contributed by atoms with Crippen molar-refractivity contribution in [1.82, 2.24) is 10.2 Å². The standard InChI is InChI=1S/C27H30N2O4.ClH/c30-23(9-8-19-4-2-14-32-19)28-20-10-11-27(31)22-15-18-3-1-5-21-24(18)26(27,25(20)33-21)12-13-29(22)16-17-6-7-17;/h1-5,8-9,14,17,20,22,25,31H,6-7,10-13,15-16H2,(H,28,30);1H/b9-8+;/t20-,22-,25+,26+,27-;/m1./s1. The summed E-state index contributed by atoms with van der Waals surface area (Å²) >= 11 is 0. The van der Waals surface area contributed by atoms with Crippen LogP contribution in [0.1, 0.15) is 49.0 Å². The highest BCUT2D eigenvalue weighted by Gasteiger charge is 2.72. The van der Waals surface area contributed by atoms with E-state index < -0.39 is 11.0 Å². The molecule has 3 heterocycles. The Balaban J connectivity index is 0.00000217. The Morgan fingerprint density at radius 3 is 2.88 bits per heavy atom. The van der Waals surface area contributed by atoms with Crippen LogP contribution in [-0.4, -0.2) is 52.8 Å². The van der Waals surface area contributed by atoms with Crippen molar-refractivity contribution in [2.45, 2.75) is 67.7 Å². The van der Waals surface area contributed by atoms with Gasteiger partial charge in [0.25, 0.3) is 0 Å². The van der Waals surface area contributed by atoms with Crippen LogP contribution in [0.3, 0.4) is 0 Å². The maximum absolute atomic E-state index is 12.8. The lowest BCUT2D eigenvalue weighted by Gasteiger charge is -2.64. The lowest BCUT2D eigenvalue weighted by Crippen LogP contribution is -2.78. The number of likely N-dealkylation sites (tertiary alicyclic amines) is 1. The molecule has 180 valence electrons. The molecule has 5 aliphatic rings. The van der Waals surface area contributed by atoms with Crippen molar-refractivity contribution in [3.63, 3.8) is 0 Å². The molecule has 0 radical (unpaired) electrons. The topological polar surface area (TPSA) is 74.9 Å². The van der Waals surface area contributed by atoms with Crippen molar-refractivity contribution in [2.24, 2.45) is 5.92 Å². The zero-order valence-corrected chi connectivity index (χ0v) is 19.9. The molecule has 1 aromatic carbocycles. The first-order chi connectivity index (χ1) is 16.1. The van der Waals surface area contributed by atoms with Gasteiger partial charge in [-0.25, -0.2) is 0 Å². The summed E-state index contributed by atoms with van der Waals surface area (Å²) in [4.78, 5) is 15.4. The van der Waals surface area contributed by atoms with Gasteiger partial charge in [0.2, 0.25) is 5.91 Å². The molecule has 3 fully saturated rings. The second-order valence-corrected chi connectivity index (χ2v) is 10.6. The number of nitrogens with one attached hydrogen (secondary N) is 1. The Labute approximate surface area is 205 Å². The van der Waals surface area contributed by atoms with Crippen LogP contribution in [-0.2, 0) is 16.6 Å². The summed E-state index contributed by atoms with van der Waals surface area (Å²) in [5.41, 5.74) is 1.25. The number of hydrogen-bond acceptors (Lipinski definition) is 5. The summed E-state index contributed by atoms with van der Waals surface area (Å²) in [5, 5.41) is 15.6. The van der Waals surface area contributed by atoms with Gasteiger partial charge in [0.15, 0.2) is 0 Å². The molecule has 1 spiro atoms. The number of ether oxygens (including phenoxy) is 1. The Bertz CT molecular complexity index is 1130. The van der Waals surface area contributed by atoms with Crippen LogP contribution in [0.5, 0.6) is 5.75 Å². The molecule has 34 heavy (non-hydrogen) atoms. The van der Waals surface area contributed by atoms with Crippen molar-refractivity contribution < 1.29 is 19.1 Å². The second kappa shape index (κ2) is 7.87. The molecule has 1 aromatic heterocycles. The molecule has 5 atom stereocenters. The van der Waals surface area contributed by atoms with Crippen LogP contribution in [0.4, 0.5) is 0 Å². The first-order valence-corrected chi connectivity index (χ1v) is 12.4. The molecule has 2 N–H and O–H groups in total. The van der Waals surface area contributed by atoms with E-state index in [0.717, 1.165) is 37.6 Å². The highest BCUT2D eigenvalue weighted by molar-refractivity contribution is 5.91. The molecule has 2 saturated carbocycles. The van der Waals surface area contributed by atoms with Gasteiger partial charge in [-0.05, 0) is 80.8 Å². The van der Waals surface area contributed by atoms with E-state index in [4.69, 9.17) is 9.15 Å². The minimum absolute atomic E-state index is 0. The lowest BCUT2D eigenvalue weighted by atomic mass is 9.48. The highest BCUT2D eigenvalue weighted by atomic mass is 35.5. The third-order valence-electron chi connectivity index (χ3n) is 8.93. The normalized spacial score (nSPS) is 35.4. The van der Waals surface area contributed by atoms with Crippen LogP contribution >= 0.6 is 12.4 Å². The van der Waals surface area contributed by atoms with Gasteiger partial charge in [-0.3, -0.25) is 9.69 Å². The average Bonchev–Trinajstić information content (AvgIpc) is 3.33. The highest BCUT2D eigenvalue weighted by Crippen LogP contribution is 2.64. The smallest absolute Gasteiger partial charge is 0.244 e. The monoisotopic (exact) mass is 482 g/mol. The molecule has 7 rings (SSSR count). The molecule has 2 aromatic rings. The first kappa shape index (κ1) is 22.2. The number of nitrogens with zero attached hydrogens (tertiary/aromatic N) is 1. The zero-order valence-electron chi connectivity index (χ0n) is 19.1. The first-order valence-electron chi connectivity index (χ1n) is 12.4. The van der Waals surface area contributed by atoms with E-state index in [1.54, 1.807) is 18.4 Å². The van der Waals surface area contributed by atoms with E-state index in [1.807, 2.05) is 12.1 Å². The molecule has 1 saturated heterocycles. The van der Waals surface area contributed by atoms with Gasteiger partial charge >= 0.3 is 0 Å². The van der Waals surface area contributed by atoms with Crippen LogP contribution in [0.25, 0.3) is 6.08 Å². The molecule has 7 heteroatoms. The molecule has 2 aliphatic heterocycles. The zero-order chi connectivity index (χ0) is 22.2. The maximum Gasteiger partial charge on any atom is 0.244 e. The van der Waals surface area contributed by atoms with Gasteiger partial charge in [0.05, 0.1) is 23.3 Å². The van der Waals surface area contributed by atoms with Crippen molar-refractivity contribution in [3.8, 4) is 5.75 Å². The second-order valence-electron chi connectivity index (χ2n) is 10.6. The number of benzene rings is 1. The molecule has 2 bridgehead atoms. The summed E-state index contributed by atoms with van der Waals surface area (Å²) in [6, 6.07) is 9.93. The number of carbonyl (C=O) groups is 1. The minimum Gasteiger partial charge on any atom is -0.487 e. The van der Waals surface area contributed by atoms with Crippen LogP contribution in [0.2, 0.25) is 0 Å². The van der Waals surface area contributed by atoms with Gasteiger partial charge in [-0.1, -0.05) is 12.1 Å². The summed E-state index contributed by atoms with van der Waals surface area (Å²) < 4.78 is 11.9. The minimum atomic E-state index is -0.824. The Morgan fingerprint density at radius 1 is 1.21 bits per heavy atom. The fraction of sp³-hybridized carbons (Fsp3) is 0.519. The van der Waals surface area contributed by atoms with Crippen LogP contribution in [0, 0.1) is 5.92 Å². The van der Waals surface area contributed by atoms with E-state index in [2.05, 4.69) is 22.3 Å². The van der Waals surface area contributed by atoms with E-state index in [1.165, 1.54) is 30.0 Å². The van der Waals surface area contributed by atoms with E-state index in [9.17, 15) is 9.90 Å². The largest absolute Gasteiger partial charge is 0.487 e. The fourth-order valence-electron chi connectivity index (χ4n) is 7.37. The summed E-state index contributed by atoms with van der Waals surface area (Å²) in [6.07, 6.45) is 10.3. The van der Waals surface area contributed by atoms with Gasteiger partial charge in [0, 0.05) is 24.2 Å². The Morgan fingerprint density at radius 2 is 2.09 bits per heavy atom. The lowest BCUT2D eigenvalue weighted by molar-refractivity contribution is -0.192. The molecular weight excluding hydrogens is 452 g/mol. The number of hydrogen-bond donors (Lipinski definition) is 2. The average molecular weight is 483 g/mol. The van der Waals surface area contributed by atoms with Gasteiger partial charge < -0.3 is 19.6 Å². The number of rotatable bonds is 5. The number of furan rings is 1. The maximum atomic E-state index is 12.8. The quantitative estimate of drug-likeness (QED) is 0.638. The van der Waals surface area contributed by atoms with Crippen LogP contribution < -0.4 is 10.1 Å². The Kier molecular flexibility index (Phi) is 5.14. The van der Waals surface area contributed by atoms with Crippen molar-refractivity contribution >= 4 is 24.4 Å². The van der Waals surface area contributed by atoms with Gasteiger partial charge in [-0.2, -0.15) is 0 Å². The third kappa shape index (κ3) is 3.05. The number of aliphatic hydroxyl groups is 1. The van der Waals surface area contributed by atoms with E-state index >= 15 is 0 Å². The van der Waals surface area contributed by atoms with E-state index in [0.29, 0.717) is 18.6 Å². The molecule has 0 unspecified atom stereocenters. The van der Waals surface area contributed by atoms with Gasteiger partial charge in [0.1, 0.15) is 17.6 Å². The van der Waals surface area contributed by atoms with Crippen molar-refractivity contribution in [2.75, 3.05) is 13.1 Å². The third-order valence-corrected chi connectivity index (χ3v) is 8.93. The Hall–Kier alpha value is -2.28. The van der Waals surface area contributed by atoms with E-state index in [-0.39, 0.29) is 36.5 Å². The number of amides is 1. The van der Waals surface area contributed by atoms with Crippen molar-refractivity contribution in [1.29, 1.82) is 0 Å². The molecule has 6 nitrogen and oxygen atoms in total. The fourth-order valence-corrected chi connectivity index (χ4v) is 7.37.